The Labute approximate surface area is 311 Å². The Hall–Kier alpha value is -6.19. The summed E-state index contributed by atoms with van der Waals surface area (Å²) in [6, 6.07) is 63.3. The number of benzene rings is 8. The molecule has 0 amide bonds. The van der Waals surface area contributed by atoms with Crippen LogP contribution in [0, 0.1) is 0 Å². The molecule has 0 saturated heterocycles. The van der Waals surface area contributed by atoms with Crippen molar-refractivity contribution in [2.45, 2.75) is 0 Å². The lowest BCUT2D eigenvalue weighted by Gasteiger charge is -2.20. The molecule has 3 heterocycles. The first-order valence-corrected chi connectivity index (χ1v) is 19.9. The maximum absolute atomic E-state index is 7.33. The van der Waals surface area contributed by atoms with Gasteiger partial charge in [0, 0.05) is 69.8 Å². The molecular weight excluding hydrogens is 684 g/mol. The summed E-state index contributed by atoms with van der Waals surface area (Å²) in [4.78, 5) is 7.48. The van der Waals surface area contributed by atoms with E-state index in [0.717, 1.165) is 38.1 Å². The SMILES string of the molecule is c1ccc(P(Oc2cc(-c3cccc4c3[nH]c3ccccc34)cc3c2sc2ccc(-c4cccc5c4[nH]c4ccccc45)cc23)c2ccccc2)cc1. The van der Waals surface area contributed by atoms with Crippen LogP contribution in [0.4, 0.5) is 0 Å². The quantitative estimate of drug-likeness (QED) is 0.165. The minimum atomic E-state index is -1.14. The summed E-state index contributed by atoms with van der Waals surface area (Å²) in [5.74, 6) is 0.907. The summed E-state index contributed by atoms with van der Waals surface area (Å²) < 4.78 is 9.73. The van der Waals surface area contributed by atoms with Crippen LogP contribution in [0.3, 0.4) is 0 Å². The Balaban J connectivity index is 1.16. The number of thiophene rings is 1. The topological polar surface area (TPSA) is 40.8 Å². The zero-order chi connectivity index (χ0) is 34.9. The molecule has 0 aliphatic heterocycles. The van der Waals surface area contributed by atoms with E-state index in [1.807, 2.05) is 11.3 Å². The van der Waals surface area contributed by atoms with Crippen LogP contribution in [0.15, 0.2) is 176 Å². The third kappa shape index (κ3) is 4.98. The molecule has 8 aromatic carbocycles. The Kier molecular flexibility index (Phi) is 7.01. The van der Waals surface area contributed by atoms with E-state index >= 15 is 0 Å². The second-order valence-electron chi connectivity index (χ2n) is 13.5. The number of hydrogen-bond donors (Lipinski definition) is 2. The van der Waals surface area contributed by atoms with Crippen LogP contribution < -0.4 is 15.1 Å². The Morgan fingerprint density at radius 2 is 0.943 bits per heavy atom. The average Bonchev–Trinajstić information content (AvgIpc) is 3.92. The maximum Gasteiger partial charge on any atom is 0.150 e. The molecule has 0 radical (unpaired) electrons. The van der Waals surface area contributed by atoms with E-state index in [1.165, 1.54) is 64.3 Å². The van der Waals surface area contributed by atoms with E-state index in [-0.39, 0.29) is 0 Å². The van der Waals surface area contributed by atoms with Crippen molar-refractivity contribution in [3.05, 3.63) is 176 Å². The highest BCUT2D eigenvalue weighted by Gasteiger charge is 2.22. The number of aromatic nitrogens is 2. The Bertz CT molecular complexity index is 3120. The third-order valence-corrected chi connectivity index (χ3v) is 13.5. The van der Waals surface area contributed by atoms with Crippen molar-refractivity contribution in [2.75, 3.05) is 0 Å². The summed E-state index contributed by atoms with van der Waals surface area (Å²) in [5, 5.41) is 9.74. The van der Waals surface area contributed by atoms with Crippen molar-refractivity contribution in [3.8, 4) is 28.0 Å². The van der Waals surface area contributed by atoms with E-state index in [9.17, 15) is 0 Å². The highest BCUT2D eigenvalue weighted by Crippen LogP contribution is 2.48. The minimum absolute atomic E-state index is 0.907. The maximum atomic E-state index is 7.33. The van der Waals surface area contributed by atoms with E-state index in [0.29, 0.717) is 0 Å². The predicted molar refractivity (Wildman–Crippen MR) is 229 cm³/mol. The normalized spacial score (nSPS) is 11.9. The van der Waals surface area contributed by atoms with Crippen molar-refractivity contribution in [2.24, 2.45) is 0 Å². The zero-order valence-electron chi connectivity index (χ0n) is 28.5. The fraction of sp³-hybridized carbons (Fsp3) is 0. The van der Waals surface area contributed by atoms with Gasteiger partial charge in [0.1, 0.15) is 5.75 Å². The molecule has 0 unspecified atom stereocenters. The second kappa shape index (κ2) is 12.2. The van der Waals surface area contributed by atoms with Gasteiger partial charge in [-0.05, 0) is 47.5 Å². The first-order chi connectivity index (χ1) is 26.3. The number of hydrogen-bond acceptors (Lipinski definition) is 2. The molecule has 3 aromatic heterocycles. The van der Waals surface area contributed by atoms with Crippen molar-refractivity contribution in [1.82, 2.24) is 9.97 Å². The molecule has 3 nitrogen and oxygen atoms in total. The number of H-pyrrole nitrogens is 2. The van der Waals surface area contributed by atoms with Gasteiger partial charge in [0.25, 0.3) is 0 Å². The van der Waals surface area contributed by atoms with E-state index < -0.39 is 8.15 Å². The third-order valence-electron chi connectivity index (χ3n) is 10.4. The lowest BCUT2D eigenvalue weighted by atomic mass is 9.97. The fourth-order valence-electron chi connectivity index (χ4n) is 7.94. The first kappa shape index (κ1) is 30.4. The molecule has 0 fully saturated rings. The molecule has 0 atom stereocenters. The number of aromatic amines is 2. The lowest BCUT2D eigenvalue weighted by molar-refractivity contribution is 0.639. The number of rotatable bonds is 6. The summed E-state index contributed by atoms with van der Waals surface area (Å²) in [6.45, 7) is 0. The molecule has 0 aliphatic carbocycles. The van der Waals surface area contributed by atoms with Gasteiger partial charge in [-0.1, -0.05) is 140 Å². The van der Waals surface area contributed by atoms with Gasteiger partial charge in [0.15, 0.2) is 8.15 Å². The molecule has 5 heteroatoms. The van der Waals surface area contributed by atoms with Gasteiger partial charge in [0.05, 0.1) is 15.7 Å². The largest absolute Gasteiger partial charge is 0.463 e. The van der Waals surface area contributed by atoms with Gasteiger partial charge in [-0.2, -0.15) is 0 Å². The summed E-state index contributed by atoms with van der Waals surface area (Å²) in [6.07, 6.45) is 0. The van der Waals surface area contributed by atoms with Crippen LogP contribution in [0.5, 0.6) is 5.75 Å². The lowest BCUT2D eigenvalue weighted by Crippen LogP contribution is -2.15. The van der Waals surface area contributed by atoms with Crippen molar-refractivity contribution in [3.63, 3.8) is 0 Å². The standard InChI is InChI=1S/C48H31N2OPS/c1-3-13-32(14-4-1)52(33-15-5-2-6-16-33)51-44-29-31(35-20-12-22-39-37-18-8-10-24-43(37)50-47(35)39)28-41-40-27-30(25-26-45(40)53-48(41)44)34-19-11-21-38-36-17-7-9-23-42(36)49-46(34)38/h1-29,49-50H. The smallest absolute Gasteiger partial charge is 0.150 e. The van der Waals surface area contributed by atoms with Gasteiger partial charge in [-0.25, -0.2) is 0 Å². The van der Waals surface area contributed by atoms with Crippen LogP contribution in [-0.2, 0) is 0 Å². The molecule has 11 rings (SSSR count). The highest BCUT2D eigenvalue weighted by molar-refractivity contribution is 7.68. The van der Waals surface area contributed by atoms with Crippen LogP contribution in [0.2, 0.25) is 0 Å². The summed E-state index contributed by atoms with van der Waals surface area (Å²) >= 11 is 1.81. The molecule has 250 valence electrons. The number of nitrogens with one attached hydrogen (secondary N) is 2. The number of fused-ring (bicyclic) bond motifs is 9. The van der Waals surface area contributed by atoms with Gasteiger partial charge in [0.2, 0.25) is 0 Å². The van der Waals surface area contributed by atoms with E-state index in [1.54, 1.807) is 0 Å². The van der Waals surface area contributed by atoms with Gasteiger partial charge < -0.3 is 14.5 Å². The fourth-order valence-corrected chi connectivity index (χ4v) is 10.9. The molecular formula is C48H31N2OPS. The van der Waals surface area contributed by atoms with Gasteiger partial charge in [-0.15, -0.1) is 11.3 Å². The van der Waals surface area contributed by atoms with Crippen LogP contribution >= 0.6 is 19.5 Å². The van der Waals surface area contributed by atoms with Crippen LogP contribution in [0.1, 0.15) is 0 Å². The molecule has 0 spiro atoms. The monoisotopic (exact) mass is 714 g/mol. The molecule has 2 N–H and O–H groups in total. The first-order valence-electron chi connectivity index (χ1n) is 17.8. The van der Waals surface area contributed by atoms with Crippen LogP contribution in [-0.4, -0.2) is 9.97 Å². The van der Waals surface area contributed by atoms with Crippen molar-refractivity contribution >= 4 is 93.9 Å². The van der Waals surface area contributed by atoms with E-state index in [4.69, 9.17) is 4.52 Å². The predicted octanol–water partition coefficient (Wildman–Crippen LogP) is 13.1. The summed E-state index contributed by atoms with van der Waals surface area (Å²) in [5.41, 5.74) is 9.28. The zero-order valence-corrected chi connectivity index (χ0v) is 30.2. The average molecular weight is 715 g/mol. The Morgan fingerprint density at radius 3 is 1.57 bits per heavy atom. The van der Waals surface area contributed by atoms with E-state index in [2.05, 4.69) is 186 Å². The second-order valence-corrected chi connectivity index (χ2v) is 16.4. The van der Waals surface area contributed by atoms with Gasteiger partial charge >= 0.3 is 0 Å². The highest BCUT2D eigenvalue weighted by atomic mass is 32.1. The van der Waals surface area contributed by atoms with Crippen molar-refractivity contribution in [1.29, 1.82) is 0 Å². The summed E-state index contributed by atoms with van der Waals surface area (Å²) in [7, 11) is -1.14. The molecule has 11 aromatic rings. The van der Waals surface area contributed by atoms with Gasteiger partial charge in [-0.3, -0.25) is 0 Å². The van der Waals surface area contributed by atoms with Crippen LogP contribution in [0.25, 0.3) is 86.0 Å². The molecule has 0 aliphatic rings. The minimum Gasteiger partial charge on any atom is -0.463 e. The Morgan fingerprint density at radius 1 is 0.415 bits per heavy atom. The van der Waals surface area contributed by atoms with Crippen molar-refractivity contribution < 1.29 is 4.52 Å². The number of para-hydroxylation sites is 4. The molecule has 0 bridgehead atoms. The molecule has 53 heavy (non-hydrogen) atoms. The molecule has 0 saturated carbocycles.